The Balaban J connectivity index is 4.57. The number of aliphatic carboxylic acids is 1. The van der Waals surface area contributed by atoms with Crippen LogP contribution in [0.2, 0.25) is 0 Å². The summed E-state index contributed by atoms with van der Waals surface area (Å²) in [5.74, 6) is -5.24. The van der Waals surface area contributed by atoms with Gasteiger partial charge in [-0.25, -0.2) is 0 Å². The first-order valence-electron chi connectivity index (χ1n) is 3.61. The Morgan fingerprint density at radius 2 is 1.62 bits per heavy atom. The van der Waals surface area contributed by atoms with E-state index in [2.05, 4.69) is 0 Å². The average molecular weight is 186 g/mol. The first kappa shape index (κ1) is 11.5. The third kappa shape index (κ3) is 3.59. The lowest BCUT2D eigenvalue weighted by Gasteiger charge is -2.05. The molecule has 0 aromatic carbocycles. The van der Waals surface area contributed by atoms with Crippen molar-refractivity contribution in [3.05, 3.63) is 0 Å². The van der Waals surface area contributed by atoms with Crippen LogP contribution in [0.3, 0.4) is 0 Å². The fraction of sp³-hybridized carbons (Fsp3) is 0.500. The minimum absolute atomic E-state index is 0.447. The number of carbonyl (C=O) groups is 4. The molecular weight excluding hydrogens is 176 g/mol. The van der Waals surface area contributed by atoms with E-state index in [1.165, 1.54) is 0 Å². The second-order valence-corrected chi connectivity index (χ2v) is 2.73. The number of rotatable bonds is 5. The van der Waals surface area contributed by atoms with E-state index in [0.29, 0.717) is 0 Å². The number of hydrogen-bond acceptors (Lipinski definition) is 4. The lowest BCUT2D eigenvalue weighted by atomic mass is 9.97. The molecule has 0 aliphatic rings. The quantitative estimate of drug-likeness (QED) is 0.602. The molecule has 0 radical (unpaired) electrons. The second kappa shape index (κ2) is 4.49. The molecule has 0 spiro atoms. The van der Waals surface area contributed by atoms with Crippen molar-refractivity contribution in [1.82, 2.24) is 0 Å². The minimum atomic E-state index is -1.69. The van der Waals surface area contributed by atoms with Crippen molar-refractivity contribution in [2.75, 3.05) is 0 Å². The molecule has 1 atom stereocenters. The molecule has 1 N–H and O–H groups in total. The second-order valence-electron chi connectivity index (χ2n) is 2.73. The summed E-state index contributed by atoms with van der Waals surface area (Å²) in [5, 5.41) is 8.47. The molecule has 1 unspecified atom stereocenters. The Morgan fingerprint density at radius 3 is 1.85 bits per heavy atom. The first-order valence-corrected chi connectivity index (χ1v) is 3.61. The summed E-state index contributed by atoms with van der Waals surface area (Å²) in [6.07, 6.45) is -0.503. The molecule has 13 heavy (non-hydrogen) atoms. The SMILES string of the molecule is CC(=O)CC(=O)C(C(C)=O)C(=O)O. The van der Waals surface area contributed by atoms with Gasteiger partial charge in [0, 0.05) is 0 Å². The van der Waals surface area contributed by atoms with Crippen molar-refractivity contribution >= 4 is 23.3 Å². The number of ketones is 3. The number of carbonyl (C=O) groups excluding carboxylic acids is 3. The van der Waals surface area contributed by atoms with Crippen LogP contribution in [-0.2, 0) is 19.2 Å². The van der Waals surface area contributed by atoms with Gasteiger partial charge >= 0.3 is 5.97 Å². The van der Waals surface area contributed by atoms with Gasteiger partial charge in [0.25, 0.3) is 0 Å². The average Bonchev–Trinajstić information content (AvgIpc) is 1.81. The van der Waals surface area contributed by atoms with Crippen molar-refractivity contribution in [3.63, 3.8) is 0 Å². The topological polar surface area (TPSA) is 88.5 Å². The summed E-state index contributed by atoms with van der Waals surface area (Å²) in [7, 11) is 0. The van der Waals surface area contributed by atoms with E-state index in [-0.39, 0.29) is 0 Å². The van der Waals surface area contributed by atoms with Crippen molar-refractivity contribution in [1.29, 1.82) is 0 Å². The van der Waals surface area contributed by atoms with Crippen LogP contribution in [0.1, 0.15) is 20.3 Å². The van der Waals surface area contributed by atoms with Gasteiger partial charge in [0.1, 0.15) is 5.78 Å². The molecule has 0 aromatic heterocycles. The van der Waals surface area contributed by atoms with E-state index in [4.69, 9.17) is 5.11 Å². The third-order valence-corrected chi connectivity index (χ3v) is 1.40. The zero-order valence-corrected chi connectivity index (χ0v) is 7.36. The highest BCUT2D eigenvalue weighted by molar-refractivity contribution is 6.19. The normalized spacial score (nSPS) is 11.8. The molecule has 0 amide bonds. The lowest BCUT2D eigenvalue weighted by Crippen LogP contribution is -2.31. The summed E-state index contributed by atoms with van der Waals surface area (Å²) >= 11 is 0. The zero-order chi connectivity index (χ0) is 10.6. The number of Topliss-reactive ketones (excluding diaryl/α,β-unsaturated/α-hetero) is 3. The Hall–Kier alpha value is -1.52. The smallest absolute Gasteiger partial charge is 0.321 e. The van der Waals surface area contributed by atoms with E-state index in [9.17, 15) is 19.2 Å². The molecule has 5 nitrogen and oxygen atoms in total. The molecule has 0 saturated carbocycles. The Bertz CT molecular complexity index is 252. The Morgan fingerprint density at radius 1 is 1.15 bits per heavy atom. The predicted octanol–water partition coefficient (Wildman–Crippen LogP) is -0.176. The van der Waals surface area contributed by atoms with Gasteiger partial charge in [-0.05, 0) is 13.8 Å². The van der Waals surface area contributed by atoms with Gasteiger partial charge in [-0.15, -0.1) is 0 Å². The van der Waals surface area contributed by atoms with Crippen LogP contribution in [-0.4, -0.2) is 28.4 Å². The molecule has 0 aromatic rings. The van der Waals surface area contributed by atoms with E-state index < -0.39 is 35.7 Å². The number of carboxylic acid groups (broad SMARTS) is 1. The largest absolute Gasteiger partial charge is 0.480 e. The highest BCUT2D eigenvalue weighted by Crippen LogP contribution is 2.04. The van der Waals surface area contributed by atoms with Gasteiger partial charge in [0.05, 0.1) is 6.42 Å². The highest BCUT2D eigenvalue weighted by Gasteiger charge is 2.30. The van der Waals surface area contributed by atoms with Crippen LogP contribution < -0.4 is 0 Å². The fourth-order valence-corrected chi connectivity index (χ4v) is 0.886. The maximum Gasteiger partial charge on any atom is 0.321 e. The minimum Gasteiger partial charge on any atom is -0.480 e. The van der Waals surface area contributed by atoms with Gasteiger partial charge in [0.15, 0.2) is 17.5 Å². The molecule has 5 heteroatoms. The Kier molecular flexibility index (Phi) is 3.97. The van der Waals surface area contributed by atoms with Crippen LogP contribution in [0.25, 0.3) is 0 Å². The van der Waals surface area contributed by atoms with Crippen molar-refractivity contribution in [2.45, 2.75) is 20.3 Å². The van der Waals surface area contributed by atoms with Crippen LogP contribution in [0.4, 0.5) is 0 Å². The van der Waals surface area contributed by atoms with Gasteiger partial charge < -0.3 is 5.11 Å². The van der Waals surface area contributed by atoms with Crippen molar-refractivity contribution in [3.8, 4) is 0 Å². The first-order chi connectivity index (χ1) is 5.86. The molecule has 0 fully saturated rings. The van der Waals surface area contributed by atoms with Crippen molar-refractivity contribution < 1.29 is 24.3 Å². The fourth-order valence-electron chi connectivity index (χ4n) is 0.886. The summed E-state index contributed by atoms with van der Waals surface area (Å²) < 4.78 is 0. The zero-order valence-electron chi connectivity index (χ0n) is 7.36. The summed E-state index contributed by atoms with van der Waals surface area (Å²) in [4.78, 5) is 42.6. The van der Waals surface area contributed by atoms with Crippen LogP contribution in [0.15, 0.2) is 0 Å². The summed E-state index contributed by atoms with van der Waals surface area (Å²) in [6, 6.07) is 0. The molecular formula is C8H10O5. The number of hydrogen-bond donors (Lipinski definition) is 1. The molecule has 0 aliphatic carbocycles. The standard InChI is InChI=1S/C8H10O5/c1-4(9)3-6(11)7(5(2)10)8(12)13/h7H,3H2,1-2H3,(H,12,13). The molecule has 0 saturated heterocycles. The Labute approximate surface area is 74.7 Å². The van der Waals surface area contributed by atoms with Gasteiger partial charge in [-0.3, -0.25) is 19.2 Å². The number of carboxylic acids is 1. The molecule has 0 heterocycles. The van der Waals surface area contributed by atoms with E-state index in [1.54, 1.807) is 0 Å². The monoisotopic (exact) mass is 186 g/mol. The summed E-state index contributed by atoms with van der Waals surface area (Å²) in [6.45, 7) is 2.17. The van der Waals surface area contributed by atoms with E-state index in [0.717, 1.165) is 13.8 Å². The van der Waals surface area contributed by atoms with Crippen molar-refractivity contribution in [2.24, 2.45) is 5.92 Å². The molecule has 72 valence electrons. The highest BCUT2D eigenvalue weighted by atomic mass is 16.4. The molecule has 0 aliphatic heterocycles. The van der Waals surface area contributed by atoms with Crippen LogP contribution in [0.5, 0.6) is 0 Å². The van der Waals surface area contributed by atoms with E-state index in [1.807, 2.05) is 0 Å². The third-order valence-electron chi connectivity index (χ3n) is 1.40. The maximum atomic E-state index is 11.0. The van der Waals surface area contributed by atoms with Crippen LogP contribution >= 0.6 is 0 Å². The lowest BCUT2D eigenvalue weighted by molar-refractivity contribution is -0.149. The predicted molar refractivity (Wildman–Crippen MR) is 42.1 cm³/mol. The summed E-state index contributed by atoms with van der Waals surface area (Å²) in [5.41, 5.74) is 0. The van der Waals surface area contributed by atoms with Crippen LogP contribution in [0, 0.1) is 5.92 Å². The molecule has 0 bridgehead atoms. The van der Waals surface area contributed by atoms with E-state index >= 15 is 0 Å². The maximum absolute atomic E-state index is 11.0. The van der Waals surface area contributed by atoms with Gasteiger partial charge in [-0.2, -0.15) is 0 Å². The van der Waals surface area contributed by atoms with Gasteiger partial charge in [0.2, 0.25) is 0 Å². The van der Waals surface area contributed by atoms with Gasteiger partial charge in [-0.1, -0.05) is 0 Å². The molecule has 0 rings (SSSR count).